The summed E-state index contributed by atoms with van der Waals surface area (Å²) >= 11 is 0. The molecule has 0 radical (unpaired) electrons. The molecular formula is C25H35NO3. The molecule has 4 heteroatoms. The van der Waals surface area contributed by atoms with Crippen molar-refractivity contribution in [1.29, 1.82) is 0 Å². The van der Waals surface area contributed by atoms with Crippen LogP contribution in [0.4, 0.5) is 5.69 Å². The first-order chi connectivity index (χ1) is 14.2. The van der Waals surface area contributed by atoms with Crippen molar-refractivity contribution in [2.75, 3.05) is 11.9 Å². The average Bonchev–Trinajstić information content (AvgIpc) is 2.73. The Bertz CT molecular complexity index is 695. The molecule has 0 saturated heterocycles. The van der Waals surface area contributed by atoms with Crippen molar-refractivity contribution in [3.8, 4) is 11.5 Å². The Morgan fingerprint density at radius 1 is 0.793 bits per heavy atom. The summed E-state index contributed by atoms with van der Waals surface area (Å²) in [4.78, 5) is 12.2. The molecule has 0 unspecified atom stereocenters. The number of rotatable bonds is 14. The number of hydrogen-bond donors (Lipinski definition) is 2. The maximum absolute atomic E-state index is 12.2. The van der Waals surface area contributed by atoms with Crippen LogP contribution in [0, 0.1) is 0 Å². The van der Waals surface area contributed by atoms with E-state index in [1.54, 1.807) is 12.1 Å². The molecule has 0 bridgehead atoms. The summed E-state index contributed by atoms with van der Waals surface area (Å²) in [5, 5.41) is 12.1. The lowest BCUT2D eigenvalue weighted by atomic mass is 10.1. The second-order valence-corrected chi connectivity index (χ2v) is 7.56. The Balaban J connectivity index is 1.56. The predicted octanol–water partition coefficient (Wildman–Crippen LogP) is 6.94. The molecule has 29 heavy (non-hydrogen) atoms. The van der Waals surface area contributed by atoms with Gasteiger partial charge in [0.15, 0.2) is 0 Å². The van der Waals surface area contributed by atoms with Crippen LogP contribution in [0.5, 0.6) is 11.5 Å². The van der Waals surface area contributed by atoms with Crippen LogP contribution in [0.1, 0.15) is 81.5 Å². The second-order valence-electron chi connectivity index (χ2n) is 7.56. The van der Waals surface area contributed by atoms with Crippen molar-refractivity contribution < 1.29 is 14.6 Å². The molecule has 0 atom stereocenters. The van der Waals surface area contributed by atoms with Gasteiger partial charge < -0.3 is 15.2 Å². The van der Waals surface area contributed by atoms with Crippen molar-refractivity contribution in [3.05, 3.63) is 54.1 Å². The molecule has 0 spiro atoms. The van der Waals surface area contributed by atoms with Crippen LogP contribution < -0.4 is 10.1 Å². The number of hydrogen-bond acceptors (Lipinski definition) is 3. The van der Waals surface area contributed by atoms with E-state index in [0.29, 0.717) is 5.56 Å². The van der Waals surface area contributed by atoms with Gasteiger partial charge in [0.05, 0.1) is 6.61 Å². The molecule has 0 fully saturated rings. The Kier molecular flexibility index (Phi) is 10.7. The normalized spacial score (nSPS) is 10.7. The standard InChI is InChI=1S/C25H35NO3/c1-2-3-4-5-6-7-8-9-10-11-20-29-24-18-14-22(15-19-24)26-25(28)21-12-16-23(27)17-13-21/h12-19,27H,2-11,20H2,1H3,(H,26,28). The van der Waals surface area contributed by atoms with Crippen molar-refractivity contribution >= 4 is 11.6 Å². The van der Waals surface area contributed by atoms with E-state index in [-0.39, 0.29) is 11.7 Å². The number of phenols is 1. The number of aromatic hydroxyl groups is 1. The number of unbranched alkanes of at least 4 members (excludes halogenated alkanes) is 9. The highest BCUT2D eigenvalue weighted by molar-refractivity contribution is 6.04. The van der Waals surface area contributed by atoms with Gasteiger partial charge in [0, 0.05) is 11.3 Å². The number of phenolic OH excluding ortho intramolecular Hbond substituents is 1. The lowest BCUT2D eigenvalue weighted by molar-refractivity contribution is 0.102. The molecule has 158 valence electrons. The van der Waals surface area contributed by atoms with E-state index < -0.39 is 0 Å². The molecule has 0 aliphatic rings. The third kappa shape index (κ3) is 9.51. The first-order valence-corrected chi connectivity index (χ1v) is 11.0. The van der Waals surface area contributed by atoms with Crippen LogP contribution in [0.15, 0.2) is 48.5 Å². The minimum Gasteiger partial charge on any atom is -0.508 e. The molecule has 2 aromatic rings. The Morgan fingerprint density at radius 2 is 1.34 bits per heavy atom. The lowest BCUT2D eigenvalue weighted by Crippen LogP contribution is -2.11. The summed E-state index contributed by atoms with van der Waals surface area (Å²) in [6.07, 6.45) is 13.1. The van der Waals surface area contributed by atoms with E-state index in [1.807, 2.05) is 24.3 Å². The minimum atomic E-state index is -0.205. The van der Waals surface area contributed by atoms with Gasteiger partial charge >= 0.3 is 0 Å². The van der Waals surface area contributed by atoms with Crippen molar-refractivity contribution in [2.45, 2.75) is 71.1 Å². The number of ether oxygens (including phenoxy) is 1. The van der Waals surface area contributed by atoms with Gasteiger partial charge in [-0.3, -0.25) is 4.79 Å². The quantitative estimate of drug-likeness (QED) is 0.339. The van der Waals surface area contributed by atoms with Crippen molar-refractivity contribution in [1.82, 2.24) is 0 Å². The number of carbonyl (C=O) groups is 1. The molecular weight excluding hydrogens is 362 g/mol. The van der Waals surface area contributed by atoms with Crippen LogP contribution in [0.2, 0.25) is 0 Å². The van der Waals surface area contributed by atoms with Crippen LogP contribution in [-0.2, 0) is 0 Å². The fraction of sp³-hybridized carbons (Fsp3) is 0.480. The maximum atomic E-state index is 12.2. The number of nitrogens with one attached hydrogen (secondary N) is 1. The van der Waals surface area contributed by atoms with Crippen LogP contribution in [-0.4, -0.2) is 17.6 Å². The van der Waals surface area contributed by atoms with Gasteiger partial charge in [-0.15, -0.1) is 0 Å². The van der Waals surface area contributed by atoms with Crippen molar-refractivity contribution in [2.24, 2.45) is 0 Å². The Morgan fingerprint density at radius 3 is 1.93 bits per heavy atom. The molecule has 2 N–H and O–H groups in total. The highest BCUT2D eigenvalue weighted by Gasteiger charge is 2.06. The molecule has 0 heterocycles. The first kappa shape index (κ1) is 22.8. The monoisotopic (exact) mass is 397 g/mol. The van der Waals surface area contributed by atoms with Crippen LogP contribution in [0.3, 0.4) is 0 Å². The molecule has 0 saturated carbocycles. The van der Waals surface area contributed by atoms with Crippen molar-refractivity contribution in [3.63, 3.8) is 0 Å². The first-order valence-electron chi connectivity index (χ1n) is 11.0. The average molecular weight is 398 g/mol. The summed E-state index contributed by atoms with van der Waals surface area (Å²) in [5.41, 5.74) is 1.22. The zero-order chi connectivity index (χ0) is 20.7. The number of benzene rings is 2. The molecule has 1 amide bonds. The zero-order valence-corrected chi connectivity index (χ0v) is 17.7. The molecule has 0 aliphatic heterocycles. The van der Waals surface area contributed by atoms with Gasteiger partial charge in [-0.05, 0) is 55.0 Å². The largest absolute Gasteiger partial charge is 0.508 e. The zero-order valence-electron chi connectivity index (χ0n) is 17.7. The summed E-state index contributed by atoms with van der Waals surface area (Å²) in [7, 11) is 0. The van der Waals surface area contributed by atoms with E-state index in [4.69, 9.17) is 4.74 Å². The van der Waals surface area contributed by atoms with E-state index in [2.05, 4.69) is 12.2 Å². The van der Waals surface area contributed by atoms with Gasteiger partial charge in [0.2, 0.25) is 0 Å². The van der Waals surface area contributed by atoms with Crippen LogP contribution >= 0.6 is 0 Å². The third-order valence-corrected chi connectivity index (χ3v) is 5.01. The van der Waals surface area contributed by atoms with E-state index in [1.165, 1.54) is 69.9 Å². The summed E-state index contributed by atoms with van der Waals surface area (Å²) in [6.45, 7) is 2.99. The van der Waals surface area contributed by atoms with Gasteiger partial charge in [-0.25, -0.2) is 0 Å². The van der Waals surface area contributed by atoms with E-state index in [9.17, 15) is 9.90 Å². The molecule has 2 aromatic carbocycles. The number of amides is 1. The van der Waals surface area contributed by atoms with Gasteiger partial charge in [0.25, 0.3) is 5.91 Å². The maximum Gasteiger partial charge on any atom is 0.255 e. The summed E-state index contributed by atoms with van der Waals surface area (Å²) in [6, 6.07) is 13.6. The van der Waals surface area contributed by atoms with Gasteiger partial charge in [-0.1, -0.05) is 64.7 Å². The fourth-order valence-corrected chi connectivity index (χ4v) is 3.23. The molecule has 4 nitrogen and oxygen atoms in total. The van der Waals surface area contributed by atoms with E-state index in [0.717, 1.165) is 24.5 Å². The van der Waals surface area contributed by atoms with Crippen LogP contribution in [0.25, 0.3) is 0 Å². The lowest BCUT2D eigenvalue weighted by Gasteiger charge is -2.09. The SMILES string of the molecule is CCCCCCCCCCCCOc1ccc(NC(=O)c2ccc(O)cc2)cc1. The second kappa shape index (κ2) is 13.6. The van der Waals surface area contributed by atoms with E-state index >= 15 is 0 Å². The third-order valence-electron chi connectivity index (χ3n) is 5.01. The Labute approximate surface area is 175 Å². The number of carbonyl (C=O) groups excluding carboxylic acids is 1. The smallest absolute Gasteiger partial charge is 0.255 e. The number of anilines is 1. The molecule has 0 aliphatic carbocycles. The molecule has 2 rings (SSSR count). The highest BCUT2D eigenvalue weighted by Crippen LogP contribution is 2.18. The fourth-order valence-electron chi connectivity index (χ4n) is 3.23. The minimum absolute atomic E-state index is 0.144. The predicted molar refractivity (Wildman–Crippen MR) is 120 cm³/mol. The van der Waals surface area contributed by atoms with Gasteiger partial charge in [-0.2, -0.15) is 0 Å². The summed E-state index contributed by atoms with van der Waals surface area (Å²) in [5.74, 6) is 0.762. The topological polar surface area (TPSA) is 58.6 Å². The highest BCUT2D eigenvalue weighted by atomic mass is 16.5. The van der Waals surface area contributed by atoms with Gasteiger partial charge in [0.1, 0.15) is 11.5 Å². The Hall–Kier alpha value is -2.49. The molecule has 0 aromatic heterocycles. The summed E-state index contributed by atoms with van der Waals surface area (Å²) < 4.78 is 5.80.